The molecule has 0 radical (unpaired) electrons. The number of hydroxylamine groups is 2. The molecule has 0 atom stereocenters. The molecular formula is C10H22N2O2. The Morgan fingerprint density at radius 1 is 1.00 bits per heavy atom. The molecule has 0 aromatic carbocycles. The second kappa shape index (κ2) is 7.76. The van der Waals surface area contributed by atoms with Gasteiger partial charge in [-0.3, -0.25) is 9.63 Å². The van der Waals surface area contributed by atoms with Crippen LogP contribution in [0.2, 0.25) is 0 Å². The molecule has 4 heteroatoms. The fourth-order valence-corrected chi connectivity index (χ4v) is 1.22. The summed E-state index contributed by atoms with van der Waals surface area (Å²) < 4.78 is 0. The second-order valence-electron chi connectivity index (χ2n) is 2.95. The molecule has 0 fully saturated rings. The zero-order valence-electron chi connectivity index (χ0n) is 9.75. The first kappa shape index (κ1) is 13.4. The lowest BCUT2D eigenvalue weighted by atomic mass is 10.5. The summed E-state index contributed by atoms with van der Waals surface area (Å²) in [4.78, 5) is 18.6. The maximum atomic E-state index is 11.5. The number of carbonyl (C=O) groups excluding carboxylic acids is 1. The summed E-state index contributed by atoms with van der Waals surface area (Å²) in [5.41, 5.74) is 0. The number of amides is 1. The summed E-state index contributed by atoms with van der Waals surface area (Å²) in [6.45, 7) is 11.2. The molecular weight excluding hydrogens is 180 g/mol. The monoisotopic (exact) mass is 202 g/mol. The van der Waals surface area contributed by atoms with Crippen LogP contribution in [0.25, 0.3) is 0 Å². The van der Waals surface area contributed by atoms with Crippen molar-refractivity contribution < 1.29 is 9.63 Å². The number of carbonyl (C=O) groups is 1. The van der Waals surface area contributed by atoms with E-state index in [1.54, 1.807) is 9.96 Å². The molecule has 0 saturated heterocycles. The Labute approximate surface area is 86.8 Å². The van der Waals surface area contributed by atoms with Gasteiger partial charge < -0.3 is 4.90 Å². The minimum absolute atomic E-state index is 0.0573. The minimum atomic E-state index is 0.0573. The molecule has 0 N–H and O–H groups in total. The van der Waals surface area contributed by atoms with Crippen molar-refractivity contribution in [2.75, 3.05) is 32.8 Å². The van der Waals surface area contributed by atoms with Gasteiger partial charge in [-0.15, -0.1) is 0 Å². The average molecular weight is 202 g/mol. The summed E-state index contributed by atoms with van der Waals surface area (Å²) in [5.74, 6) is 0.0573. The van der Waals surface area contributed by atoms with Gasteiger partial charge in [-0.1, -0.05) is 13.8 Å². The van der Waals surface area contributed by atoms with Crippen LogP contribution in [0.3, 0.4) is 0 Å². The van der Waals surface area contributed by atoms with Gasteiger partial charge >= 0.3 is 0 Å². The van der Waals surface area contributed by atoms with E-state index in [2.05, 4.69) is 0 Å². The van der Waals surface area contributed by atoms with Gasteiger partial charge in [0.05, 0.1) is 0 Å². The molecule has 84 valence electrons. The highest BCUT2D eigenvalue weighted by atomic mass is 16.7. The first-order chi connectivity index (χ1) is 6.69. The highest BCUT2D eigenvalue weighted by molar-refractivity contribution is 5.77. The number of hydrogen-bond acceptors (Lipinski definition) is 3. The zero-order valence-corrected chi connectivity index (χ0v) is 9.75. The van der Waals surface area contributed by atoms with Crippen LogP contribution in [-0.2, 0) is 9.63 Å². The van der Waals surface area contributed by atoms with Crippen LogP contribution in [0, 0.1) is 0 Å². The Balaban J connectivity index is 3.81. The summed E-state index contributed by atoms with van der Waals surface area (Å²) in [6, 6.07) is 0. The van der Waals surface area contributed by atoms with Crippen LogP contribution in [0.4, 0.5) is 0 Å². The van der Waals surface area contributed by atoms with Gasteiger partial charge in [0.15, 0.2) is 0 Å². The Bertz CT molecular complexity index is 154. The van der Waals surface area contributed by atoms with Gasteiger partial charge in [-0.2, -0.15) is 5.06 Å². The molecule has 0 unspecified atom stereocenters. The normalized spacial score (nSPS) is 10.6. The lowest BCUT2D eigenvalue weighted by molar-refractivity contribution is -0.173. The summed E-state index contributed by atoms with van der Waals surface area (Å²) >= 11 is 0. The molecule has 0 bridgehead atoms. The van der Waals surface area contributed by atoms with Crippen molar-refractivity contribution in [3.63, 3.8) is 0 Å². The maximum Gasteiger partial charge on any atom is 0.250 e. The van der Waals surface area contributed by atoms with Gasteiger partial charge in [0.25, 0.3) is 5.91 Å². The lowest BCUT2D eigenvalue weighted by Gasteiger charge is -2.22. The highest BCUT2D eigenvalue weighted by Gasteiger charge is 2.10. The predicted octanol–water partition coefficient (Wildman–Crippen LogP) is 1.13. The summed E-state index contributed by atoms with van der Waals surface area (Å²) in [5, 5.41) is 1.78. The Morgan fingerprint density at radius 3 is 1.86 bits per heavy atom. The van der Waals surface area contributed by atoms with E-state index in [0.717, 1.165) is 26.2 Å². The van der Waals surface area contributed by atoms with E-state index >= 15 is 0 Å². The largest absolute Gasteiger partial charge is 0.341 e. The molecule has 0 heterocycles. The fourth-order valence-electron chi connectivity index (χ4n) is 1.22. The molecule has 1 amide bonds. The third kappa shape index (κ3) is 4.58. The van der Waals surface area contributed by atoms with Gasteiger partial charge in [-0.05, 0) is 13.8 Å². The Hall–Kier alpha value is -0.610. The first-order valence-corrected chi connectivity index (χ1v) is 5.35. The van der Waals surface area contributed by atoms with Crippen molar-refractivity contribution in [3.05, 3.63) is 0 Å². The quantitative estimate of drug-likeness (QED) is 0.580. The first-order valence-electron chi connectivity index (χ1n) is 5.35. The standard InChI is InChI=1S/C10H22N2O2/c1-5-11(6-2)10(13)9-14-12(7-3)8-4/h5-9H2,1-4H3. The lowest BCUT2D eigenvalue weighted by Crippen LogP contribution is -2.36. The van der Waals surface area contributed by atoms with Crippen LogP contribution in [0.5, 0.6) is 0 Å². The van der Waals surface area contributed by atoms with E-state index < -0.39 is 0 Å². The average Bonchev–Trinajstić information content (AvgIpc) is 2.21. The van der Waals surface area contributed by atoms with Crippen LogP contribution in [0.1, 0.15) is 27.7 Å². The number of nitrogens with zero attached hydrogens (tertiary/aromatic N) is 2. The number of likely N-dealkylation sites (N-methyl/N-ethyl adjacent to an activating group) is 1. The van der Waals surface area contributed by atoms with Crippen LogP contribution < -0.4 is 0 Å². The zero-order chi connectivity index (χ0) is 11.0. The molecule has 14 heavy (non-hydrogen) atoms. The molecule has 4 nitrogen and oxygen atoms in total. The highest BCUT2D eigenvalue weighted by Crippen LogP contribution is 1.93. The van der Waals surface area contributed by atoms with E-state index in [4.69, 9.17) is 4.84 Å². The van der Waals surface area contributed by atoms with Crippen LogP contribution in [-0.4, -0.2) is 48.7 Å². The number of rotatable bonds is 7. The van der Waals surface area contributed by atoms with E-state index in [-0.39, 0.29) is 12.5 Å². The van der Waals surface area contributed by atoms with Crippen LogP contribution in [0.15, 0.2) is 0 Å². The van der Waals surface area contributed by atoms with Gasteiger partial charge in [0.2, 0.25) is 0 Å². The molecule has 0 saturated carbocycles. The van der Waals surface area contributed by atoms with E-state index in [1.807, 2.05) is 27.7 Å². The molecule has 0 aromatic heterocycles. The summed E-state index contributed by atoms with van der Waals surface area (Å²) in [7, 11) is 0. The van der Waals surface area contributed by atoms with E-state index in [0.29, 0.717) is 0 Å². The van der Waals surface area contributed by atoms with Gasteiger partial charge in [-0.25, -0.2) is 0 Å². The minimum Gasteiger partial charge on any atom is -0.341 e. The second-order valence-corrected chi connectivity index (χ2v) is 2.95. The van der Waals surface area contributed by atoms with Crippen molar-refractivity contribution in [1.29, 1.82) is 0 Å². The Morgan fingerprint density at radius 2 is 1.50 bits per heavy atom. The van der Waals surface area contributed by atoms with Gasteiger partial charge in [0, 0.05) is 26.2 Å². The molecule has 0 aromatic rings. The van der Waals surface area contributed by atoms with Crippen molar-refractivity contribution in [2.45, 2.75) is 27.7 Å². The fraction of sp³-hybridized carbons (Fsp3) is 0.900. The van der Waals surface area contributed by atoms with Crippen molar-refractivity contribution in [2.24, 2.45) is 0 Å². The van der Waals surface area contributed by atoms with E-state index in [1.165, 1.54) is 0 Å². The van der Waals surface area contributed by atoms with E-state index in [9.17, 15) is 4.79 Å². The molecule has 0 spiro atoms. The van der Waals surface area contributed by atoms with Crippen molar-refractivity contribution in [1.82, 2.24) is 9.96 Å². The number of hydrogen-bond donors (Lipinski definition) is 0. The van der Waals surface area contributed by atoms with Crippen molar-refractivity contribution >= 4 is 5.91 Å². The summed E-state index contributed by atoms with van der Waals surface area (Å²) in [6.07, 6.45) is 0. The SMILES string of the molecule is CCN(CC)OCC(=O)N(CC)CC. The third-order valence-corrected chi connectivity index (χ3v) is 2.19. The molecule has 0 rings (SSSR count). The van der Waals surface area contributed by atoms with Crippen molar-refractivity contribution in [3.8, 4) is 0 Å². The Kier molecular flexibility index (Phi) is 7.42. The van der Waals surface area contributed by atoms with Gasteiger partial charge in [0.1, 0.15) is 6.61 Å². The van der Waals surface area contributed by atoms with Crippen LogP contribution >= 0.6 is 0 Å². The predicted molar refractivity (Wildman–Crippen MR) is 56.8 cm³/mol. The third-order valence-electron chi connectivity index (χ3n) is 2.19. The smallest absolute Gasteiger partial charge is 0.250 e. The maximum absolute atomic E-state index is 11.5. The molecule has 0 aliphatic carbocycles. The molecule has 0 aliphatic rings. The topological polar surface area (TPSA) is 32.8 Å². The molecule has 0 aliphatic heterocycles.